The molecule has 1 saturated heterocycles. The van der Waals surface area contributed by atoms with E-state index in [9.17, 15) is 14.4 Å². The van der Waals surface area contributed by atoms with Crippen LogP contribution in [0.4, 0.5) is 4.79 Å². The van der Waals surface area contributed by atoms with Gasteiger partial charge in [0.05, 0.1) is 11.5 Å². The SMILES string of the molecule is CC/C=C\C/C=C\C/C=C\CCCCCCCC(=O)OCC(COC(=O)CCCCCCC/C=C\C/C=C\CCCCC)COC(=O)NC1(C)CN(C)C1. The topological polar surface area (TPSA) is 94.2 Å². The third-order valence-corrected chi connectivity index (χ3v) is 9.42. The standard InChI is InChI=1S/C46H78N2O6/c1-5-7-9-11-13-15-17-19-21-23-25-27-29-31-33-35-43(49)52-37-42(39-54-45(51)47-46(3)40-48(4)41-46)38-53-44(50)36-34-32-30-28-26-24-22-20-18-16-14-12-10-8-6-2/h7,9,13-16,19-22,42H,5-6,8,10-12,17-18,23-41H2,1-4H3,(H,47,51)/b9-7-,15-13-,16-14-,21-19-,22-20-. The van der Waals surface area contributed by atoms with Crippen LogP contribution in [-0.4, -0.2) is 68.4 Å². The van der Waals surface area contributed by atoms with Gasteiger partial charge < -0.3 is 24.4 Å². The highest BCUT2D eigenvalue weighted by atomic mass is 16.6. The van der Waals surface area contributed by atoms with E-state index in [4.69, 9.17) is 14.2 Å². The van der Waals surface area contributed by atoms with E-state index < -0.39 is 12.0 Å². The Hall–Kier alpha value is -3.13. The number of nitrogens with one attached hydrogen (secondary N) is 1. The fourth-order valence-electron chi connectivity index (χ4n) is 6.38. The van der Waals surface area contributed by atoms with E-state index in [1.54, 1.807) is 0 Å². The van der Waals surface area contributed by atoms with Crippen molar-refractivity contribution in [1.82, 2.24) is 10.2 Å². The summed E-state index contributed by atoms with van der Waals surface area (Å²) in [5.74, 6) is -0.965. The van der Waals surface area contributed by atoms with Gasteiger partial charge in [0.2, 0.25) is 0 Å². The molecular weight excluding hydrogens is 677 g/mol. The maximum absolute atomic E-state index is 12.5. The van der Waals surface area contributed by atoms with Gasteiger partial charge in [0.25, 0.3) is 0 Å². The number of esters is 2. The Morgan fingerprint density at radius 1 is 0.574 bits per heavy atom. The third-order valence-electron chi connectivity index (χ3n) is 9.42. The van der Waals surface area contributed by atoms with Crippen LogP contribution in [-0.2, 0) is 23.8 Å². The minimum atomic E-state index is -0.513. The summed E-state index contributed by atoms with van der Waals surface area (Å²) in [5, 5.41) is 2.92. The number of ether oxygens (including phenoxy) is 3. The number of hydrogen-bond donors (Lipinski definition) is 1. The van der Waals surface area contributed by atoms with Gasteiger partial charge in [0, 0.05) is 25.9 Å². The molecule has 1 rings (SSSR count). The van der Waals surface area contributed by atoms with E-state index in [-0.39, 0.29) is 37.3 Å². The van der Waals surface area contributed by atoms with E-state index in [1.165, 1.54) is 32.1 Å². The Kier molecular flexibility index (Phi) is 31.1. The van der Waals surface area contributed by atoms with Gasteiger partial charge in [-0.25, -0.2) is 4.79 Å². The molecule has 0 aromatic carbocycles. The molecule has 1 unspecified atom stereocenters. The number of carbonyl (C=O) groups excluding carboxylic acids is 3. The number of likely N-dealkylation sites (tertiary alicyclic amines) is 1. The molecule has 0 aliphatic carbocycles. The van der Waals surface area contributed by atoms with Crippen LogP contribution in [0.2, 0.25) is 0 Å². The lowest BCUT2D eigenvalue weighted by Gasteiger charge is -2.46. The highest BCUT2D eigenvalue weighted by molar-refractivity contribution is 5.70. The smallest absolute Gasteiger partial charge is 0.407 e. The summed E-state index contributed by atoms with van der Waals surface area (Å²) >= 11 is 0. The summed E-state index contributed by atoms with van der Waals surface area (Å²) in [5.41, 5.74) is -0.318. The van der Waals surface area contributed by atoms with Crippen molar-refractivity contribution in [2.45, 2.75) is 168 Å². The number of amides is 1. The van der Waals surface area contributed by atoms with E-state index in [0.717, 1.165) is 109 Å². The van der Waals surface area contributed by atoms with Crippen LogP contribution in [0.25, 0.3) is 0 Å². The number of allylic oxidation sites excluding steroid dienone is 10. The fourth-order valence-corrected chi connectivity index (χ4v) is 6.38. The molecule has 54 heavy (non-hydrogen) atoms. The Balaban J connectivity index is 2.26. The van der Waals surface area contributed by atoms with Gasteiger partial charge >= 0.3 is 18.0 Å². The average Bonchev–Trinajstić information content (AvgIpc) is 3.13. The molecule has 8 nitrogen and oxygen atoms in total. The van der Waals surface area contributed by atoms with E-state index in [1.807, 2.05) is 14.0 Å². The van der Waals surface area contributed by atoms with Crippen molar-refractivity contribution in [3.63, 3.8) is 0 Å². The van der Waals surface area contributed by atoms with Gasteiger partial charge in [-0.15, -0.1) is 0 Å². The Labute approximate surface area is 330 Å². The van der Waals surface area contributed by atoms with Crippen LogP contribution >= 0.6 is 0 Å². The highest BCUT2D eigenvalue weighted by Crippen LogP contribution is 2.18. The van der Waals surface area contributed by atoms with Gasteiger partial charge in [0.1, 0.15) is 19.8 Å². The lowest BCUT2D eigenvalue weighted by molar-refractivity contribution is -0.150. The normalized spacial score (nSPS) is 15.1. The number of unbranched alkanes of at least 4 members (excludes halogenated alkanes) is 13. The zero-order chi connectivity index (χ0) is 39.4. The number of carbonyl (C=O) groups is 3. The first-order chi connectivity index (χ1) is 26.3. The zero-order valence-corrected chi connectivity index (χ0v) is 34.8. The third kappa shape index (κ3) is 30.2. The van der Waals surface area contributed by atoms with Crippen LogP contribution in [0.1, 0.15) is 162 Å². The van der Waals surface area contributed by atoms with E-state index in [2.05, 4.69) is 84.8 Å². The van der Waals surface area contributed by atoms with Crippen LogP contribution in [0.15, 0.2) is 60.8 Å². The fraction of sp³-hybridized carbons (Fsp3) is 0.717. The summed E-state index contributed by atoms with van der Waals surface area (Å²) in [6, 6.07) is 0. The Morgan fingerprint density at radius 2 is 0.981 bits per heavy atom. The van der Waals surface area contributed by atoms with Crippen molar-refractivity contribution in [1.29, 1.82) is 0 Å². The van der Waals surface area contributed by atoms with E-state index in [0.29, 0.717) is 12.8 Å². The predicted octanol–water partition coefficient (Wildman–Crippen LogP) is 11.5. The summed E-state index contributed by atoms with van der Waals surface area (Å²) < 4.78 is 16.6. The Bertz CT molecular complexity index is 1100. The van der Waals surface area contributed by atoms with Crippen LogP contribution < -0.4 is 5.32 Å². The van der Waals surface area contributed by atoms with Gasteiger partial charge in [-0.3, -0.25) is 9.59 Å². The second-order valence-corrected chi connectivity index (χ2v) is 15.3. The largest absolute Gasteiger partial charge is 0.465 e. The number of rotatable bonds is 34. The maximum atomic E-state index is 12.5. The van der Waals surface area contributed by atoms with Crippen molar-refractivity contribution in [3.05, 3.63) is 60.8 Å². The van der Waals surface area contributed by atoms with Crippen molar-refractivity contribution < 1.29 is 28.6 Å². The van der Waals surface area contributed by atoms with Gasteiger partial charge in [-0.05, 0) is 91.0 Å². The second-order valence-electron chi connectivity index (χ2n) is 15.3. The molecule has 1 atom stereocenters. The molecule has 8 heteroatoms. The van der Waals surface area contributed by atoms with Crippen molar-refractivity contribution in [3.8, 4) is 0 Å². The number of nitrogens with zero attached hydrogens (tertiary/aromatic N) is 1. The summed E-state index contributed by atoms with van der Waals surface area (Å²) in [6.07, 6.45) is 44.3. The van der Waals surface area contributed by atoms with Crippen LogP contribution in [0.3, 0.4) is 0 Å². The van der Waals surface area contributed by atoms with Gasteiger partial charge in [-0.1, -0.05) is 126 Å². The van der Waals surface area contributed by atoms with Gasteiger partial charge in [-0.2, -0.15) is 0 Å². The molecule has 0 aromatic heterocycles. The molecule has 308 valence electrons. The molecule has 0 radical (unpaired) electrons. The van der Waals surface area contributed by atoms with Crippen LogP contribution in [0, 0.1) is 5.92 Å². The molecular formula is C46H78N2O6. The summed E-state index contributed by atoms with van der Waals surface area (Å²) in [4.78, 5) is 39.6. The van der Waals surface area contributed by atoms with Crippen molar-refractivity contribution >= 4 is 18.0 Å². The molecule has 0 bridgehead atoms. The molecule has 1 amide bonds. The molecule has 0 aromatic rings. The monoisotopic (exact) mass is 755 g/mol. The molecule has 1 N–H and O–H groups in total. The lowest BCUT2D eigenvalue weighted by atomic mass is 9.93. The summed E-state index contributed by atoms with van der Waals surface area (Å²) in [6.45, 7) is 7.95. The molecule has 0 saturated carbocycles. The Morgan fingerprint density at radius 3 is 1.44 bits per heavy atom. The molecule has 0 spiro atoms. The highest BCUT2D eigenvalue weighted by Gasteiger charge is 2.38. The zero-order valence-electron chi connectivity index (χ0n) is 34.8. The molecule has 1 heterocycles. The van der Waals surface area contributed by atoms with Crippen molar-refractivity contribution in [2.24, 2.45) is 5.92 Å². The first kappa shape index (κ1) is 48.9. The van der Waals surface area contributed by atoms with Crippen LogP contribution in [0.5, 0.6) is 0 Å². The lowest BCUT2D eigenvalue weighted by Crippen LogP contribution is -2.67. The number of likely N-dealkylation sites (N-methyl/N-ethyl adjacent to an activating group) is 1. The maximum Gasteiger partial charge on any atom is 0.407 e. The molecule has 1 aliphatic heterocycles. The number of hydrogen-bond acceptors (Lipinski definition) is 7. The minimum absolute atomic E-state index is 0.00302. The first-order valence-electron chi connectivity index (χ1n) is 21.5. The van der Waals surface area contributed by atoms with E-state index >= 15 is 0 Å². The number of alkyl carbamates (subject to hydrolysis) is 1. The minimum Gasteiger partial charge on any atom is -0.465 e. The molecule has 1 aliphatic rings. The summed E-state index contributed by atoms with van der Waals surface area (Å²) in [7, 11) is 2.00. The van der Waals surface area contributed by atoms with Crippen molar-refractivity contribution in [2.75, 3.05) is 40.0 Å². The second kappa shape index (κ2) is 34.4. The predicted molar refractivity (Wildman–Crippen MR) is 224 cm³/mol. The quantitative estimate of drug-likeness (QED) is 0.0302. The van der Waals surface area contributed by atoms with Gasteiger partial charge in [0.15, 0.2) is 0 Å². The first-order valence-corrected chi connectivity index (χ1v) is 21.5. The molecule has 1 fully saturated rings. The average molecular weight is 755 g/mol.